The Kier molecular flexibility index (Phi) is 6.41. The predicted molar refractivity (Wildman–Crippen MR) is 134 cm³/mol. The molecule has 34 heavy (non-hydrogen) atoms. The van der Waals surface area contributed by atoms with Crippen LogP contribution in [0.15, 0.2) is 77.9 Å². The van der Waals surface area contributed by atoms with E-state index in [-0.39, 0.29) is 18.6 Å². The standard InChI is InChI=1S/C27H26ClN3O3/c1-33-22-13-6-19(7-14-22)26-24-15-8-18-4-2-3-5-23(18)25(24)30-31(26)16-17-34-27(32)29-21-11-9-20(28)10-12-21/h2-7,9-14,24,26H,8,15-17H2,1H3,(H,29,32)/t24-,26+/m0/s1. The molecule has 2 aliphatic rings. The van der Waals surface area contributed by atoms with Crippen LogP contribution in [-0.4, -0.2) is 37.1 Å². The minimum atomic E-state index is -0.502. The van der Waals surface area contributed by atoms with Gasteiger partial charge >= 0.3 is 6.09 Å². The van der Waals surface area contributed by atoms with Gasteiger partial charge in [0.15, 0.2) is 0 Å². The maximum Gasteiger partial charge on any atom is 0.411 e. The fourth-order valence-electron chi connectivity index (χ4n) is 4.79. The van der Waals surface area contributed by atoms with Gasteiger partial charge in [0.05, 0.1) is 25.4 Å². The molecule has 1 aliphatic heterocycles. The molecule has 0 saturated carbocycles. The highest BCUT2D eigenvalue weighted by Gasteiger charge is 2.41. The van der Waals surface area contributed by atoms with Crippen LogP contribution < -0.4 is 10.1 Å². The molecule has 1 aliphatic carbocycles. The summed E-state index contributed by atoms with van der Waals surface area (Å²) < 4.78 is 10.8. The van der Waals surface area contributed by atoms with Gasteiger partial charge in [-0.1, -0.05) is 48.0 Å². The first-order valence-corrected chi connectivity index (χ1v) is 11.8. The second kappa shape index (κ2) is 9.77. The normalized spacial score (nSPS) is 18.5. The summed E-state index contributed by atoms with van der Waals surface area (Å²) in [4.78, 5) is 12.3. The van der Waals surface area contributed by atoms with Crippen molar-refractivity contribution in [2.75, 3.05) is 25.6 Å². The molecule has 3 aromatic carbocycles. The molecule has 0 fully saturated rings. The minimum Gasteiger partial charge on any atom is -0.497 e. The van der Waals surface area contributed by atoms with Crippen molar-refractivity contribution in [3.05, 3.63) is 94.5 Å². The van der Waals surface area contributed by atoms with Gasteiger partial charge in [-0.2, -0.15) is 5.10 Å². The zero-order valence-corrected chi connectivity index (χ0v) is 19.7. The van der Waals surface area contributed by atoms with Crippen molar-refractivity contribution in [2.45, 2.75) is 18.9 Å². The van der Waals surface area contributed by atoms with Crippen LogP contribution >= 0.6 is 11.6 Å². The third kappa shape index (κ3) is 4.59. The average Bonchev–Trinajstić information content (AvgIpc) is 3.24. The number of anilines is 1. The van der Waals surface area contributed by atoms with Crippen molar-refractivity contribution in [1.82, 2.24) is 5.01 Å². The molecule has 3 aromatic rings. The topological polar surface area (TPSA) is 63.2 Å². The number of nitrogens with one attached hydrogen (secondary N) is 1. The predicted octanol–water partition coefficient (Wildman–Crippen LogP) is 5.92. The van der Waals surface area contributed by atoms with E-state index in [1.807, 2.05) is 12.1 Å². The summed E-state index contributed by atoms with van der Waals surface area (Å²) in [6, 6.07) is 23.7. The van der Waals surface area contributed by atoms with E-state index in [0.717, 1.165) is 24.3 Å². The van der Waals surface area contributed by atoms with Gasteiger partial charge in [0.25, 0.3) is 0 Å². The van der Waals surface area contributed by atoms with Crippen LogP contribution in [0, 0.1) is 5.92 Å². The van der Waals surface area contributed by atoms with Gasteiger partial charge in [-0.25, -0.2) is 4.79 Å². The lowest BCUT2D eigenvalue weighted by Gasteiger charge is -2.30. The number of benzene rings is 3. The van der Waals surface area contributed by atoms with Gasteiger partial charge in [-0.3, -0.25) is 10.3 Å². The lowest BCUT2D eigenvalue weighted by Crippen LogP contribution is -2.31. The number of hydrogen-bond donors (Lipinski definition) is 1. The minimum absolute atomic E-state index is 0.0807. The Morgan fingerprint density at radius 1 is 1.09 bits per heavy atom. The highest BCUT2D eigenvalue weighted by molar-refractivity contribution is 6.30. The highest BCUT2D eigenvalue weighted by Crippen LogP contribution is 2.43. The smallest absolute Gasteiger partial charge is 0.411 e. The largest absolute Gasteiger partial charge is 0.497 e. The SMILES string of the molecule is COc1ccc([C@@H]2[C@H]3CCc4ccccc4C3=NN2CCOC(=O)Nc2ccc(Cl)cc2)cc1. The number of methoxy groups -OCH3 is 1. The molecule has 7 heteroatoms. The van der Waals surface area contributed by atoms with Gasteiger partial charge in [-0.15, -0.1) is 0 Å². The van der Waals surface area contributed by atoms with Crippen LogP contribution in [0.4, 0.5) is 10.5 Å². The van der Waals surface area contributed by atoms with Gasteiger partial charge in [0, 0.05) is 22.2 Å². The summed E-state index contributed by atoms with van der Waals surface area (Å²) in [5.74, 6) is 1.11. The average molecular weight is 476 g/mol. The number of hydrogen-bond acceptors (Lipinski definition) is 5. The van der Waals surface area contributed by atoms with Crippen molar-refractivity contribution in [3.63, 3.8) is 0 Å². The fourth-order valence-corrected chi connectivity index (χ4v) is 4.92. The Hall–Kier alpha value is -3.51. The molecule has 6 nitrogen and oxygen atoms in total. The zero-order valence-electron chi connectivity index (χ0n) is 18.9. The molecule has 0 aromatic heterocycles. The van der Waals surface area contributed by atoms with E-state index in [1.165, 1.54) is 16.7 Å². The molecular weight excluding hydrogens is 450 g/mol. The summed E-state index contributed by atoms with van der Waals surface area (Å²) in [6.07, 6.45) is 1.55. The van der Waals surface area contributed by atoms with Crippen LogP contribution in [0.2, 0.25) is 5.02 Å². The van der Waals surface area contributed by atoms with Crippen molar-refractivity contribution >= 4 is 29.1 Å². The van der Waals surface area contributed by atoms with Crippen LogP contribution in [0.25, 0.3) is 0 Å². The molecule has 1 amide bonds. The number of hydrazone groups is 1. The molecule has 5 rings (SSSR count). The molecule has 1 N–H and O–H groups in total. The summed E-state index contributed by atoms with van der Waals surface area (Å²) in [5, 5.41) is 10.4. The quantitative estimate of drug-likeness (QED) is 0.480. The monoisotopic (exact) mass is 475 g/mol. The maximum atomic E-state index is 12.3. The number of carbonyl (C=O) groups excluding carboxylic acids is 1. The molecule has 2 atom stereocenters. The molecule has 1 heterocycles. The Morgan fingerprint density at radius 2 is 1.85 bits per heavy atom. The number of rotatable bonds is 6. The number of aryl methyl sites for hydroxylation is 1. The van der Waals surface area contributed by atoms with Crippen molar-refractivity contribution in [2.24, 2.45) is 11.0 Å². The van der Waals surface area contributed by atoms with E-state index in [4.69, 9.17) is 26.2 Å². The Labute approximate surface area is 204 Å². The van der Waals surface area contributed by atoms with Crippen molar-refractivity contribution in [3.8, 4) is 5.75 Å². The second-order valence-corrected chi connectivity index (χ2v) is 8.87. The summed E-state index contributed by atoms with van der Waals surface area (Å²) in [7, 11) is 1.67. The van der Waals surface area contributed by atoms with E-state index < -0.39 is 6.09 Å². The maximum absolute atomic E-state index is 12.3. The first-order valence-electron chi connectivity index (χ1n) is 11.4. The third-order valence-electron chi connectivity index (χ3n) is 6.41. The highest BCUT2D eigenvalue weighted by atomic mass is 35.5. The van der Waals surface area contributed by atoms with Gasteiger partial charge < -0.3 is 9.47 Å². The van der Waals surface area contributed by atoms with Gasteiger partial charge in [-0.05, 0) is 60.4 Å². The van der Waals surface area contributed by atoms with Crippen molar-refractivity contribution in [1.29, 1.82) is 0 Å². The van der Waals surface area contributed by atoms with E-state index in [9.17, 15) is 4.79 Å². The summed E-state index contributed by atoms with van der Waals surface area (Å²) in [5.41, 5.74) is 5.49. The van der Waals surface area contributed by atoms with Crippen LogP contribution in [0.1, 0.15) is 29.2 Å². The molecule has 0 radical (unpaired) electrons. The van der Waals surface area contributed by atoms with Crippen LogP contribution in [0.5, 0.6) is 5.75 Å². The van der Waals surface area contributed by atoms with Gasteiger partial charge in [0.1, 0.15) is 12.4 Å². The zero-order chi connectivity index (χ0) is 23.5. The number of fused-ring (bicyclic) bond motifs is 3. The molecule has 0 bridgehead atoms. The molecule has 0 saturated heterocycles. The molecule has 0 spiro atoms. The second-order valence-electron chi connectivity index (χ2n) is 8.44. The van der Waals surface area contributed by atoms with Crippen LogP contribution in [-0.2, 0) is 11.2 Å². The molecule has 0 unspecified atom stereocenters. The fraction of sp³-hybridized carbons (Fsp3) is 0.259. The lowest BCUT2D eigenvalue weighted by atomic mass is 9.77. The van der Waals surface area contributed by atoms with Crippen molar-refractivity contribution < 1.29 is 14.3 Å². The Morgan fingerprint density at radius 3 is 2.62 bits per heavy atom. The Balaban J connectivity index is 1.32. The summed E-state index contributed by atoms with van der Waals surface area (Å²) >= 11 is 5.90. The first kappa shape index (κ1) is 22.3. The number of carbonyl (C=O) groups is 1. The molecule has 174 valence electrons. The summed E-state index contributed by atoms with van der Waals surface area (Å²) in [6.45, 7) is 0.712. The van der Waals surface area contributed by atoms with E-state index in [2.05, 4.69) is 46.7 Å². The Bertz CT molecular complexity index is 1190. The van der Waals surface area contributed by atoms with E-state index >= 15 is 0 Å². The van der Waals surface area contributed by atoms with E-state index in [1.54, 1.807) is 31.4 Å². The first-order chi connectivity index (χ1) is 16.6. The number of halogens is 1. The van der Waals surface area contributed by atoms with Gasteiger partial charge in [0.2, 0.25) is 0 Å². The number of amides is 1. The lowest BCUT2D eigenvalue weighted by molar-refractivity contribution is 0.121. The van der Waals surface area contributed by atoms with Crippen LogP contribution in [0.3, 0.4) is 0 Å². The van der Waals surface area contributed by atoms with E-state index in [0.29, 0.717) is 17.3 Å². The number of nitrogens with zero attached hydrogens (tertiary/aromatic N) is 2. The molecular formula is C27H26ClN3O3. The number of ether oxygens (including phenoxy) is 2. The third-order valence-corrected chi connectivity index (χ3v) is 6.66.